The summed E-state index contributed by atoms with van der Waals surface area (Å²) in [6.07, 6.45) is 2.05. The molecule has 100 valence electrons. The second-order valence-corrected chi connectivity index (χ2v) is 4.81. The molecular weight excluding hydrogens is 228 g/mol. The molecule has 0 unspecified atom stereocenters. The summed E-state index contributed by atoms with van der Waals surface area (Å²) in [7, 11) is 0. The summed E-state index contributed by atoms with van der Waals surface area (Å²) < 4.78 is 0. The number of amides is 1. The van der Waals surface area contributed by atoms with Gasteiger partial charge in [-0.3, -0.25) is 4.79 Å². The lowest BCUT2D eigenvalue weighted by molar-refractivity contribution is -0.120. The monoisotopic (exact) mass is 250 g/mol. The molecule has 0 aliphatic carbocycles. The van der Waals surface area contributed by atoms with E-state index >= 15 is 0 Å². The topological polar surface area (TPSA) is 80.0 Å². The number of carbonyl (C=O) groups is 1. The van der Waals surface area contributed by atoms with Crippen LogP contribution in [0.1, 0.15) is 25.8 Å². The average molecular weight is 250 g/mol. The van der Waals surface area contributed by atoms with E-state index in [-0.39, 0.29) is 5.91 Å². The zero-order chi connectivity index (χ0) is 13.5. The second kappa shape index (κ2) is 6.83. The predicted molar refractivity (Wildman–Crippen MR) is 74.3 cm³/mol. The van der Waals surface area contributed by atoms with Crippen LogP contribution in [-0.2, 0) is 4.79 Å². The molecule has 1 aromatic heterocycles. The molecule has 1 aromatic rings. The smallest absolute Gasteiger partial charge is 0.221 e. The maximum atomic E-state index is 11.5. The fourth-order valence-electron chi connectivity index (χ4n) is 1.48. The number of aromatic nitrogens is 1. The number of nitrogens with one attached hydrogen (secondary N) is 2. The van der Waals surface area contributed by atoms with Gasteiger partial charge in [0.15, 0.2) is 0 Å². The van der Waals surface area contributed by atoms with E-state index in [0.717, 1.165) is 17.9 Å². The van der Waals surface area contributed by atoms with Crippen LogP contribution in [0.5, 0.6) is 0 Å². The molecule has 0 fully saturated rings. The molecule has 0 saturated carbocycles. The van der Waals surface area contributed by atoms with Crippen molar-refractivity contribution < 1.29 is 4.79 Å². The van der Waals surface area contributed by atoms with E-state index in [1.807, 2.05) is 13.0 Å². The number of nitrogens with zero attached hydrogens (tertiary/aromatic N) is 1. The lowest BCUT2D eigenvalue weighted by Gasteiger charge is -2.10. The van der Waals surface area contributed by atoms with E-state index < -0.39 is 0 Å². The first-order valence-corrected chi connectivity index (χ1v) is 6.21. The molecule has 1 rings (SSSR count). The molecule has 1 heterocycles. The summed E-state index contributed by atoms with van der Waals surface area (Å²) in [5, 5.41) is 6.00. The molecule has 4 N–H and O–H groups in total. The van der Waals surface area contributed by atoms with Crippen LogP contribution in [0.25, 0.3) is 0 Å². The molecule has 0 atom stereocenters. The minimum absolute atomic E-state index is 0.0595. The quantitative estimate of drug-likeness (QED) is 0.715. The Kier molecular flexibility index (Phi) is 5.42. The number of nitrogens with two attached hydrogens (primary N) is 1. The van der Waals surface area contributed by atoms with Gasteiger partial charge in [-0.05, 0) is 24.5 Å². The van der Waals surface area contributed by atoms with Gasteiger partial charge in [-0.15, -0.1) is 0 Å². The highest BCUT2D eigenvalue weighted by atomic mass is 16.1. The van der Waals surface area contributed by atoms with E-state index in [2.05, 4.69) is 29.5 Å². The number of carbonyl (C=O) groups excluding carboxylic acids is 1. The molecule has 5 nitrogen and oxygen atoms in total. The highest BCUT2D eigenvalue weighted by Crippen LogP contribution is 2.13. The first-order valence-electron chi connectivity index (χ1n) is 6.21. The Morgan fingerprint density at radius 3 is 2.83 bits per heavy atom. The fraction of sp³-hybridized carbons (Fsp3) is 0.538. The molecule has 0 radical (unpaired) electrons. The highest BCUT2D eigenvalue weighted by molar-refractivity contribution is 5.76. The largest absolute Gasteiger partial charge is 0.397 e. The highest BCUT2D eigenvalue weighted by Gasteiger charge is 2.03. The van der Waals surface area contributed by atoms with E-state index in [1.165, 1.54) is 0 Å². The van der Waals surface area contributed by atoms with Crippen LogP contribution >= 0.6 is 0 Å². The Bertz CT molecular complexity index is 404. The Hall–Kier alpha value is -1.78. The molecule has 18 heavy (non-hydrogen) atoms. The van der Waals surface area contributed by atoms with Gasteiger partial charge in [-0.2, -0.15) is 0 Å². The molecular formula is C13H22N4O. The van der Waals surface area contributed by atoms with Crippen molar-refractivity contribution in [3.8, 4) is 0 Å². The zero-order valence-electron chi connectivity index (χ0n) is 11.3. The van der Waals surface area contributed by atoms with E-state index in [4.69, 9.17) is 5.73 Å². The summed E-state index contributed by atoms with van der Waals surface area (Å²) in [6, 6.07) is 1.86. The Balaban J connectivity index is 2.31. The van der Waals surface area contributed by atoms with E-state index in [0.29, 0.717) is 24.6 Å². The molecule has 0 aliphatic heterocycles. The minimum atomic E-state index is 0.0595. The molecule has 0 aliphatic rings. The van der Waals surface area contributed by atoms with Crippen LogP contribution in [0.15, 0.2) is 12.3 Å². The standard InChI is InChI=1S/C13H22N4O/c1-9(2)7-16-12(18)4-5-15-13-10(3)6-11(14)8-17-13/h6,8-9H,4-5,7,14H2,1-3H3,(H,15,17)(H,16,18). The number of aryl methyl sites for hydroxylation is 1. The third-order valence-electron chi connectivity index (χ3n) is 2.45. The number of rotatable bonds is 6. The van der Waals surface area contributed by atoms with Gasteiger partial charge in [0.2, 0.25) is 5.91 Å². The van der Waals surface area contributed by atoms with Gasteiger partial charge >= 0.3 is 0 Å². The summed E-state index contributed by atoms with van der Waals surface area (Å²) in [5.41, 5.74) is 7.25. The summed E-state index contributed by atoms with van der Waals surface area (Å²) in [4.78, 5) is 15.7. The van der Waals surface area contributed by atoms with Crippen molar-refractivity contribution in [2.75, 3.05) is 24.1 Å². The molecule has 0 saturated heterocycles. The lowest BCUT2D eigenvalue weighted by Crippen LogP contribution is -2.28. The SMILES string of the molecule is Cc1cc(N)cnc1NCCC(=O)NCC(C)C. The molecule has 0 spiro atoms. The number of hydrogen-bond donors (Lipinski definition) is 3. The second-order valence-electron chi connectivity index (χ2n) is 4.81. The van der Waals surface area contributed by atoms with Gasteiger partial charge in [0.1, 0.15) is 5.82 Å². The molecule has 0 bridgehead atoms. The van der Waals surface area contributed by atoms with Gasteiger partial charge in [-0.25, -0.2) is 4.98 Å². The maximum Gasteiger partial charge on any atom is 0.221 e. The van der Waals surface area contributed by atoms with Crippen molar-refractivity contribution in [2.45, 2.75) is 27.2 Å². The van der Waals surface area contributed by atoms with Gasteiger partial charge in [0.25, 0.3) is 0 Å². The van der Waals surface area contributed by atoms with Crippen molar-refractivity contribution in [1.82, 2.24) is 10.3 Å². The minimum Gasteiger partial charge on any atom is -0.397 e. The van der Waals surface area contributed by atoms with Crippen LogP contribution in [0.2, 0.25) is 0 Å². The fourth-order valence-corrected chi connectivity index (χ4v) is 1.48. The van der Waals surface area contributed by atoms with Crippen LogP contribution in [0.3, 0.4) is 0 Å². The van der Waals surface area contributed by atoms with E-state index in [1.54, 1.807) is 6.20 Å². The molecule has 0 aromatic carbocycles. The van der Waals surface area contributed by atoms with Crippen molar-refractivity contribution in [2.24, 2.45) is 5.92 Å². The van der Waals surface area contributed by atoms with Crippen molar-refractivity contribution in [3.63, 3.8) is 0 Å². The van der Waals surface area contributed by atoms with Crippen molar-refractivity contribution >= 4 is 17.4 Å². The summed E-state index contributed by atoms with van der Waals surface area (Å²) in [5.74, 6) is 1.31. The normalized spacial score (nSPS) is 10.4. The average Bonchev–Trinajstić information content (AvgIpc) is 2.29. The van der Waals surface area contributed by atoms with Crippen molar-refractivity contribution in [1.29, 1.82) is 0 Å². The predicted octanol–water partition coefficient (Wildman–Crippen LogP) is 1.55. The van der Waals surface area contributed by atoms with Gasteiger partial charge in [0.05, 0.1) is 11.9 Å². The maximum absolute atomic E-state index is 11.5. The first-order chi connectivity index (χ1) is 8.49. The van der Waals surface area contributed by atoms with Crippen LogP contribution in [-0.4, -0.2) is 24.0 Å². The lowest BCUT2D eigenvalue weighted by atomic mass is 10.2. The van der Waals surface area contributed by atoms with Gasteiger partial charge < -0.3 is 16.4 Å². The summed E-state index contributed by atoms with van der Waals surface area (Å²) in [6.45, 7) is 7.37. The third-order valence-corrected chi connectivity index (χ3v) is 2.45. The number of pyridine rings is 1. The first kappa shape index (κ1) is 14.3. The number of hydrogen-bond acceptors (Lipinski definition) is 4. The van der Waals surface area contributed by atoms with Crippen LogP contribution < -0.4 is 16.4 Å². The summed E-state index contributed by atoms with van der Waals surface area (Å²) >= 11 is 0. The van der Waals surface area contributed by atoms with E-state index in [9.17, 15) is 4.79 Å². The van der Waals surface area contributed by atoms with Crippen LogP contribution in [0, 0.1) is 12.8 Å². The van der Waals surface area contributed by atoms with Crippen LogP contribution in [0.4, 0.5) is 11.5 Å². The van der Waals surface area contributed by atoms with Gasteiger partial charge in [0, 0.05) is 19.5 Å². The Morgan fingerprint density at radius 1 is 1.50 bits per heavy atom. The Morgan fingerprint density at radius 2 is 2.22 bits per heavy atom. The van der Waals surface area contributed by atoms with Gasteiger partial charge in [-0.1, -0.05) is 13.8 Å². The Labute approximate surface area is 108 Å². The number of nitrogen functional groups attached to an aromatic ring is 1. The molecule has 1 amide bonds. The zero-order valence-corrected chi connectivity index (χ0v) is 11.3. The molecule has 5 heteroatoms. The third kappa shape index (κ3) is 5.03. The number of anilines is 2. The van der Waals surface area contributed by atoms with Crippen molar-refractivity contribution in [3.05, 3.63) is 17.8 Å².